The van der Waals surface area contributed by atoms with Crippen LogP contribution in [0.15, 0.2) is 48.8 Å². The third-order valence-electron chi connectivity index (χ3n) is 3.41. The van der Waals surface area contributed by atoms with Crippen molar-refractivity contribution < 1.29 is 4.21 Å². The molecule has 1 N–H and O–H groups in total. The molecule has 0 fully saturated rings. The summed E-state index contributed by atoms with van der Waals surface area (Å²) < 4.78 is 11.2. The van der Waals surface area contributed by atoms with Crippen molar-refractivity contribution in [2.45, 2.75) is 0 Å². The molecule has 1 aromatic carbocycles. The summed E-state index contributed by atoms with van der Waals surface area (Å²) >= 11 is 0. The smallest absolute Gasteiger partial charge is 0.154 e. The minimum Gasteiger partial charge on any atom is -0.369 e. The van der Waals surface area contributed by atoms with Crippen LogP contribution in [0.5, 0.6) is 0 Å². The number of pyridine rings is 1. The second kappa shape index (κ2) is 7.79. The maximum atomic E-state index is 11.2. The standard InChI is InChI=1S/C18H18N4OS/c1-24(23)12-11-20-18-15-6-2-3-7-16(15)21-17(22-18)9-8-14-5-4-10-19-13-14/h2-10,13H,11-12H2,1H3,(H,20,21,22). The zero-order valence-electron chi connectivity index (χ0n) is 13.3. The first-order valence-electron chi connectivity index (χ1n) is 7.61. The van der Waals surface area contributed by atoms with E-state index in [0.29, 0.717) is 18.1 Å². The van der Waals surface area contributed by atoms with E-state index < -0.39 is 10.8 Å². The van der Waals surface area contributed by atoms with Crippen LogP contribution in [-0.2, 0) is 10.8 Å². The summed E-state index contributed by atoms with van der Waals surface area (Å²) in [6, 6.07) is 11.7. The lowest BCUT2D eigenvalue weighted by molar-refractivity contribution is 0.687. The van der Waals surface area contributed by atoms with Gasteiger partial charge in [-0.1, -0.05) is 18.2 Å². The fourth-order valence-electron chi connectivity index (χ4n) is 2.26. The summed E-state index contributed by atoms with van der Waals surface area (Å²) in [6.07, 6.45) is 9.02. The van der Waals surface area contributed by atoms with Gasteiger partial charge in [0, 0.05) is 47.1 Å². The van der Waals surface area contributed by atoms with Gasteiger partial charge in [-0.3, -0.25) is 9.19 Å². The van der Waals surface area contributed by atoms with E-state index in [4.69, 9.17) is 0 Å². The number of benzene rings is 1. The summed E-state index contributed by atoms with van der Waals surface area (Å²) in [5.74, 6) is 1.97. The highest BCUT2D eigenvalue weighted by atomic mass is 32.2. The monoisotopic (exact) mass is 338 g/mol. The predicted molar refractivity (Wildman–Crippen MR) is 100 cm³/mol. The Morgan fingerprint density at radius 3 is 2.79 bits per heavy atom. The molecule has 6 heteroatoms. The Morgan fingerprint density at radius 2 is 2.00 bits per heavy atom. The molecule has 1 unspecified atom stereocenters. The lowest BCUT2D eigenvalue weighted by Gasteiger charge is -2.09. The number of para-hydroxylation sites is 1. The second-order valence-electron chi connectivity index (χ2n) is 5.27. The van der Waals surface area contributed by atoms with Gasteiger partial charge >= 0.3 is 0 Å². The predicted octanol–water partition coefficient (Wildman–Crippen LogP) is 2.99. The third-order valence-corrected chi connectivity index (χ3v) is 4.19. The van der Waals surface area contributed by atoms with Gasteiger partial charge < -0.3 is 5.32 Å². The molecule has 3 rings (SSSR count). The van der Waals surface area contributed by atoms with Crippen LogP contribution < -0.4 is 5.32 Å². The molecule has 3 aromatic rings. The van der Waals surface area contributed by atoms with E-state index in [2.05, 4.69) is 20.3 Å². The first-order chi connectivity index (χ1) is 11.7. The van der Waals surface area contributed by atoms with Gasteiger partial charge in [-0.25, -0.2) is 9.97 Å². The zero-order valence-corrected chi connectivity index (χ0v) is 14.2. The fourth-order valence-corrected chi connectivity index (χ4v) is 2.65. The summed E-state index contributed by atoms with van der Waals surface area (Å²) in [6.45, 7) is 0.607. The Kier molecular flexibility index (Phi) is 5.28. The van der Waals surface area contributed by atoms with Crippen LogP contribution >= 0.6 is 0 Å². The van der Waals surface area contributed by atoms with Crippen molar-refractivity contribution in [2.24, 2.45) is 0 Å². The van der Waals surface area contributed by atoms with Gasteiger partial charge in [0.15, 0.2) is 5.82 Å². The maximum absolute atomic E-state index is 11.2. The highest BCUT2D eigenvalue weighted by Gasteiger charge is 2.06. The molecule has 0 amide bonds. The van der Waals surface area contributed by atoms with Crippen LogP contribution in [0.3, 0.4) is 0 Å². The summed E-state index contributed by atoms with van der Waals surface area (Å²) in [4.78, 5) is 13.2. The van der Waals surface area contributed by atoms with Gasteiger partial charge in [-0.2, -0.15) is 0 Å². The first-order valence-corrected chi connectivity index (χ1v) is 9.34. The molecule has 122 valence electrons. The van der Waals surface area contributed by atoms with E-state index >= 15 is 0 Å². The number of fused-ring (bicyclic) bond motifs is 1. The molecular formula is C18H18N4OS. The highest BCUT2D eigenvalue weighted by Crippen LogP contribution is 2.20. The number of hydrogen-bond acceptors (Lipinski definition) is 5. The van der Waals surface area contributed by atoms with Crippen LogP contribution in [0.25, 0.3) is 23.1 Å². The Labute approximate surface area is 143 Å². The molecule has 0 aliphatic rings. The molecule has 0 bridgehead atoms. The summed E-state index contributed by atoms with van der Waals surface area (Å²) in [7, 11) is -0.833. The molecule has 5 nitrogen and oxygen atoms in total. The maximum Gasteiger partial charge on any atom is 0.154 e. The largest absolute Gasteiger partial charge is 0.369 e. The normalized spacial score (nSPS) is 12.5. The van der Waals surface area contributed by atoms with Crippen molar-refractivity contribution >= 4 is 39.7 Å². The number of anilines is 1. The Balaban J connectivity index is 1.91. The minimum atomic E-state index is -0.833. The zero-order chi connectivity index (χ0) is 16.8. The molecule has 2 heterocycles. The van der Waals surface area contributed by atoms with Gasteiger partial charge in [0.25, 0.3) is 0 Å². The van der Waals surface area contributed by atoms with Gasteiger partial charge in [0.2, 0.25) is 0 Å². The van der Waals surface area contributed by atoms with Crippen LogP contribution in [-0.4, -0.2) is 37.7 Å². The lowest BCUT2D eigenvalue weighted by Crippen LogP contribution is -2.11. The number of nitrogens with zero attached hydrogens (tertiary/aromatic N) is 3. The van der Waals surface area contributed by atoms with E-state index in [-0.39, 0.29) is 0 Å². The number of nitrogens with one attached hydrogen (secondary N) is 1. The van der Waals surface area contributed by atoms with Gasteiger partial charge in [-0.15, -0.1) is 0 Å². The Morgan fingerprint density at radius 1 is 1.12 bits per heavy atom. The van der Waals surface area contributed by atoms with E-state index in [1.807, 2.05) is 48.6 Å². The van der Waals surface area contributed by atoms with Crippen LogP contribution in [0.2, 0.25) is 0 Å². The average molecular weight is 338 g/mol. The van der Waals surface area contributed by atoms with Crippen LogP contribution in [0.1, 0.15) is 11.4 Å². The summed E-state index contributed by atoms with van der Waals surface area (Å²) in [5.41, 5.74) is 1.86. The average Bonchev–Trinajstić information content (AvgIpc) is 2.60. The molecule has 0 saturated carbocycles. The van der Waals surface area contributed by atoms with Crippen molar-refractivity contribution in [2.75, 3.05) is 23.9 Å². The van der Waals surface area contributed by atoms with Crippen LogP contribution in [0.4, 0.5) is 5.82 Å². The molecular weight excluding hydrogens is 320 g/mol. The van der Waals surface area contributed by atoms with E-state index in [0.717, 1.165) is 22.3 Å². The number of aromatic nitrogens is 3. The van der Waals surface area contributed by atoms with Crippen molar-refractivity contribution in [3.05, 3.63) is 60.2 Å². The van der Waals surface area contributed by atoms with E-state index in [1.165, 1.54) is 0 Å². The Bertz CT molecular complexity index is 881. The second-order valence-corrected chi connectivity index (χ2v) is 6.83. The topological polar surface area (TPSA) is 67.8 Å². The first kappa shape index (κ1) is 16.3. The summed E-state index contributed by atoms with van der Waals surface area (Å²) in [5, 5.41) is 4.22. The highest BCUT2D eigenvalue weighted by molar-refractivity contribution is 7.84. The molecule has 2 aromatic heterocycles. The SMILES string of the molecule is CS(=O)CCNc1nc(C=Cc2cccnc2)nc2ccccc12. The molecule has 1 atom stereocenters. The van der Waals surface area contributed by atoms with Crippen molar-refractivity contribution in [3.63, 3.8) is 0 Å². The van der Waals surface area contributed by atoms with Crippen molar-refractivity contribution in [1.82, 2.24) is 15.0 Å². The Hall–Kier alpha value is -2.60. The molecule has 24 heavy (non-hydrogen) atoms. The molecule has 0 radical (unpaired) electrons. The molecule has 0 saturated heterocycles. The van der Waals surface area contributed by atoms with Gasteiger partial charge in [0.1, 0.15) is 5.82 Å². The van der Waals surface area contributed by atoms with E-state index in [1.54, 1.807) is 18.6 Å². The van der Waals surface area contributed by atoms with Crippen molar-refractivity contribution in [1.29, 1.82) is 0 Å². The molecule has 0 aliphatic heterocycles. The lowest BCUT2D eigenvalue weighted by atomic mass is 10.2. The van der Waals surface area contributed by atoms with E-state index in [9.17, 15) is 4.21 Å². The third kappa shape index (κ3) is 4.23. The minimum absolute atomic E-state index is 0.583. The quantitative estimate of drug-likeness (QED) is 0.748. The molecule has 0 aliphatic carbocycles. The fraction of sp³-hybridized carbons (Fsp3) is 0.167. The van der Waals surface area contributed by atoms with Crippen molar-refractivity contribution in [3.8, 4) is 0 Å². The van der Waals surface area contributed by atoms with Gasteiger partial charge in [0.05, 0.1) is 5.52 Å². The molecule has 0 spiro atoms. The number of rotatable bonds is 6. The van der Waals surface area contributed by atoms with Gasteiger partial charge in [-0.05, 0) is 35.9 Å². The van der Waals surface area contributed by atoms with Crippen LogP contribution in [0, 0.1) is 0 Å². The number of hydrogen-bond donors (Lipinski definition) is 1.